The van der Waals surface area contributed by atoms with Gasteiger partial charge in [0.2, 0.25) is 0 Å². The molecule has 57 valence electrons. The highest BCUT2D eigenvalue weighted by Gasteiger charge is 2.02. The van der Waals surface area contributed by atoms with E-state index in [1.54, 1.807) is 0 Å². The molecule has 0 fully saturated rings. The molecule has 0 rings (SSSR count). The van der Waals surface area contributed by atoms with Gasteiger partial charge in [0.05, 0.1) is 6.10 Å². The molecule has 0 bridgehead atoms. The largest absolute Gasteiger partial charge is 0.393 e. The van der Waals surface area contributed by atoms with Crippen LogP contribution >= 0.6 is 0 Å². The zero-order valence-electron chi connectivity index (χ0n) is 5.51. The normalized spacial score (nSPS) is 15.5. The Balaban J connectivity index is 3.39. The van der Waals surface area contributed by atoms with Crippen LogP contribution in [0.15, 0.2) is 5.11 Å². The summed E-state index contributed by atoms with van der Waals surface area (Å²) in [6.07, 6.45) is -1.17. The molecule has 2 atom stereocenters. The third kappa shape index (κ3) is 5.37. The molecule has 0 aromatic rings. The Morgan fingerprint density at radius 1 is 1.50 bits per heavy atom. The van der Waals surface area contributed by atoms with Gasteiger partial charge in [0.1, 0.15) is 6.23 Å². The summed E-state index contributed by atoms with van der Waals surface area (Å²) in [7, 11) is 0. The maximum atomic E-state index is 8.74. The summed E-state index contributed by atoms with van der Waals surface area (Å²) >= 11 is 0. The van der Waals surface area contributed by atoms with Crippen LogP contribution in [-0.4, -0.2) is 22.5 Å². The molecule has 2 unspecified atom stereocenters. The smallest absolute Gasteiger partial charge is 0.133 e. The van der Waals surface area contributed by atoms with Gasteiger partial charge in [0.25, 0.3) is 0 Å². The van der Waals surface area contributed by atoms with Gasteiger partial charge in [-0.05, 0) is 25.3 Å². The average Bonchev–Trinajstić information content (AvgIpc) is 1.85. The summed E-state index contributed by atoms with van der Waals surface area (Å²) in [6.45, 7) is 3.28. The number of rotatable bonds is 4. The molecule has 1 radical (unpaired) electrons. The monoisotopic (exact) mass is 144 g/mol. The summed E-state index contributed by atoms with van der Waals surface area (Å²) < 4.78 is 0. The SMILES string of the molecule is [CH2]C(O)CCC(O)N=[N+]=[N-]. The first-order valence-corrected chi connectivity index (χ1v) is 2.90. The van der Waals surface area contributed by atoms with Crippen molar-refractivity contribution in [2.24, 2.45) is 5.11 Å². The van der Waals surface area contributed by atoms with Crippen LogP contribution in [-0.2, 0) is 0 Å². The number of aliphatic hydroxyl groups excluding tert-OH is 2. The second-order valence-corrected chi connectivity index (χ2v) is 1.92. The van der Waals surface area contributed by atoms with Gasteiger partial charge in [0, 0.05) is 4.91 Å². The summed E-state index contributed by atoms with van der Waals surface area (Å²) in [6, 6.07) is 0. The first kappa shape index (κ1) is 9.23. The van der Waals surface area contributed by atoms with Gasteiger partial charge in [-0.2, -0.15) is 0 Å². The van der Waals surface area contributed by atoms with E-state index in [0.717, 1.165) is 0 Å². The fraction of sp³-hybridized carbons (Fsp3) is 0.800. The number of hydrogen-bond acceptors (Lipinski definition) is 3. The van der Waals surface area contributed by atoms with Gasteiger partial charge in [-0.3, -0.25) is 0 Å². The number of azide groups is 1. The molecule has 0 heterocycles. The molecular weight excluding hydrogens is 134 g/mol. The van der Waals surface area contributed by atoms with E-state index in [2.05, 4.69) is 16.9 Å². The molecule has 5 heteroatoms. The first-order chi connectivity index (χ1) is 4.66. The van der Waals surface area contributed by atoms with Crippen LogP contribution in [0.3, 0.4) is 0 Å². The Morgan fingerprint density at radius 3 is 2.50 bits per heavy atom. The molecule has 2 N–H and O–H groups in total. The molecule has 0 saturated carbocycles. The molecule has 0 aliphatic rings. The van der Waals surface area contributed by atoms with E-state index in [-0.39, 0.29) is 6.42 Å². The molecule has 0 aliphatic carbocycles. The lowest BCUT2D eigenvalue weighted by Crippen LogP contribution is -2.07. The average molecular weight is 144 g/mol. The van der Waals surface area contributed by atoms with E-state index in [1.165, 1.54) is 0 Å². The first-order valence-electron chi connectivity index (χ1n) is 2.90. The Kier molecular flexibility index (Phi) is 4.66. The van der Waals surface area contributed by atoms with E-state index in [0.29, 0.717) is 6.42 Å². The molecular formula is C5H10N3O2. The van der Waals surface area contributed by atoms with Gasteiger partial charge in [0.15, 0.2) is 0 Å². The molecule has 0 aliphatic heterocycles. The predicted molar refractivity (Wildman–Crippen MR) is 35.8 cm³/mol. The van der Waals surface area contributed by atoms with Crippen molar-refractivity contribution in [1.29, 1.82) is 0 Å². The molecule has 5 nitrogen and oxygen atoms in total. The van der Waals surface area contributed by atoms with Gasteiger partial charge >= 0.3 is 0 Å². The number of aliphatic hydroxyl groups is 2. The topological polar surface area (TPSA) is 89.2 Å². The Hall–Kier alpha value is -0.770. The maximum absolute atomic E-state index is 8.74. The van der Waals surface area contributed by atoms with Gasteiger partial charge in [-0.25, -0.2) is 0 Å². The highest BCUT2D eigenvalue weighted by atomic mass is 16.3. The fourth-order valence-corrected chi connectivity index (χ4v) is 0.459. The van der Waals surface area contributed by atoms with Crippen LogP contribution < -0.4 is 0 Å². The lowest BCUT2D eigenvalue weighted by atomic mass is 10.2. The Labute approximate surface area is 58.9 Å². The number of nitrogens with zero attached hydrogens (tertiary/aromatic N) is 3. The van der Waals surface area contributed by atoms with E-state index < -0.39 is 12.3 Å². The quantitative estimate of drug-likeness (QED) is 0.343. The maximum Gasteiger partial charge on any atom is 0.133 e. The van der Waals surface area contributed by atoms with Crippen molar-refractivity contribution < 1.29 is 10.2 Å². The highest BCUT2D eigenvalue weighted by Crippen LogP contribution is 2.01. The van der Waals surface area contributed by atoms with Crippen LogP contribution in [0.5, 0.6) is 0 Å². The van der Waals surface area contributed by atoms with Crippen molar-refractivity contribution >= 4 is 0 Å². The van der Waals surface area contributed by atoms with Crippen LogP contribution in [0.1, 0.15) is 12.8 Å². The molecule has 0 saturated heterocycles. The van der Waals surface area contributed by atoms with Crippen LogP contribution in [0.4, 0.5) is 0 Å². The third-order valence-electron chi connectivity index (χ3n) is 0.943. The minimum Gasteiger partial charge on any atom is -0.393 e. The zero-order valence-corrected chi connectivity index (χ0v) is 5.51. The second-order valence-electron chi connectivity index (χ2n) is 1.92. The summed E-state index contributed by atoms with van der Waals surface area (Å²) in [5, 5.41) is 20.3. The standard InChI is InChI=1S/C5H10N3O2/c1-4(9)2-3-5(10)7-8-6/h4-5,9-10H,1-3H2. The van der Waals surface area contributed by atoms with Crippen LogP contribution in [0.25, 0.3) is 10.4 Å². The van der Waals surface area contributed by atoms with Crippen molar-refractivity contribution in [1.82, 2.24) is 0 Å². The van der Waals surface area contributed by atoms with Gasteiger partial charge in [-0.15, -0.1) is 0 Å². The van der Waals surface area contributed by atoms with Crippen molar-refractivity contribution in [2.75, 3.05) is 0 Å². The lowest BCUT2D eigenvalue weighted by molar-refractivity contribution is 0.137. The summed E-state index contributed by atoms with van der Waals surface area (Å²) in [4.78, 5) is 2.39. The van der Waals surface area contributed by atoms with E-state index >= 15 is 0 Å². The Bertz CT molecular complexity index is 131. The zero-order chi connectivity index (χ0) is 7.98. The molecule has 0 aromatic heterocycles. The van der Waals surface area contributed by atoms with Gasteiger partial charge in [-0.1, -0.05) is 5.11 Å². The van der Waals surface area contributed by atoms with Gasteiger partial charge < -0.3 is 10.2 Å². The molecule has 0 spiro atoms. The van der Waals surface area contributed by atoms with Crippen molar-refractivity contribution in [3.05, 3.63) is 17.4 Å². The van der Waals surface area contributed by atoms with Crippen molar-refractivity contribution in [3.8, 4) is 0 Å². The van der Waals surface area contributed by atoms with Crippen molar-refractivity contribution in [3.63, 3.8) is 0 Å². The minimum atomic E-state index is -1.04. The highest BCUT2D eigenvalue weighted by molar-refractivity contribution is 4.60. The molecule has 10 heavy (non-hydrogen) atoms. The van der Waals surface area contributed by atoms with E-state index in [9.17, 15) is 0 Å². The summed E-state index contributed by atoms with van der Waals surface area (Å²) in [5.41, 5.74) is 7.82. The van der Waals surface area contributed by atoms with E-state index in [4.69, 9.17) is 15.7 Å². The van der Waals surface area contributed by atoms with E-state index in [1.807, 2.05) is 0 Å². The Morgan fingerprint density at radius 2 is 2.10 bits per heavy atom. The molecule has 0 aromatic carbocycles. The predicted octanol–water partition coefficient (Wildman–Crippen LogP) is 0.590. The number of hydrogen-bond donors (Lipinski definition) is 2. The van der Waals surface area contributed by atoms with Crippen molar-refractivity contribution in [2.45, 2.75) is 25.2 Å². The lowest BCUT2D eigenvalue weighted by Gasteiger charge is -2.04. The molecule has 0 amide bonds. The summed E-state index contributed by atoms with van der Waals surface area (Å²) in [5.74, 6) is 0. The second kappa shape index (κ2) is 5.05. The fourth-order valence-electron chi connectivity index (χ4n) is 0.459. The van der Waals surface area contributed by atoms with Crippen LogP contribution in [0.2, 0.25) is 0 Å². The minimum absolute atomic E-state index is 0.245. The van der Waals surface area contributed by atoms with Crippen LogP contribution in [0, 0.1) is 6.92 Å². The third-order valence-corrected chi connectivity index (χ3v) is 0.943.